The van der Waals surface area contributed by atoms with Gasteiger partial charge in [-0.3, -0.25) is 9.69 Å². The highest BCUT2D eigenvalue weighted by atomic mass is 19.1. The molecule has 3 saturated heterocycles. The van der Waals surface area contributed by atoms with Crippen LogP contribution in [0.1, 0.15) is 5.56 Å². The Morgan fingerprint density at radius 3 is 2.60 bits per heavy atom. The predicted molar refractivity (Wildman–Crippen MR) is 151 cm³/mol. The molecule has 0 aliphatic carbocycles. The number of hydrogen-bond donors (Lipinski definition) is 2. The number of nitrogens with zero attached hydrogens (tertiary/aromatic N) is 7. The van der Waals surface area contributed by atoms with E-state index in [1.165, 1.54) is 11.2 Å². The number of piperazine rings is 1. The molecular formula is C29H31FN8O4. The fraction of sp³-hybridized carbons (Fsp3) is 0.414. The minimum Gasteiger partial charge on any atom is -0.484 e. The molecule has 42 heavy (non-hydrogen) atoms. The first kappa shape index (κ1) is 27.8. The quantitative estimate of drug-likeness (QED) is 0.405. The summed E-state index contributed by atoms with van der Waals surface area (Å²) >= 11 is 0. The predicted octanol–water partition coefficient (Wildman–Crippen LogP) is 1.59. The van der Waals surface area contributed by atoms with E-state index in [4.69, 9.17) is 14.6 Å². The molecule has 3 aliphatic rings. The standard InChI is InChI=1S/C29H31FN8O4/c30-24-13-38(27(40)15-39)14-26(24)42-25-6-1-19(11-20(25)12-31)28-32-18-33-29(35-28)34-21-2-4-22(5-3-21)36-7-9-37(10-8-36)23-16-41-17-23/h1-6,11,18,23-24,26,39H,7-10,13-17H2,(H,32,33,34,35)/t24-,26-/m0/s1. The minimum absolute atomic E-state index is 0.0104. The van der Waals surface area contributed by atoms with Crippen molar-refractivity contribution in [3.8, 4) is 23.2 Å². The van der Waals surface area contributed by atoms with E-state index in [9.17, 15) is 14.4 Å². The number of anilines is 3. The number of carbonyl (C=O) groups excluding carboxylic acids is 1. The molecular weight excluding hydrogens is 543 g/mol. The third-order valence-corrected chi connectivity index (χ3v) is 7.83. The van der Waals surface area contributed by atoms with Gasteiger partial charge < -0.3 is 29.7 Å². The number of aliphatic hydroxyl groups excluding tert-OH is 1. The van der Waals surface area contributed by atoms with Gasteiger partial charge in [0.05, 0.1) is 37.9 Å². The smallest absolute Gasteiger partial charge is 0.248 e. The summed E-state index contributed by atoms with van der Waals surface area (Å²) in [7, 11) is 0. The molecule has 1 amide bonds. The van der Waals surface area contributed by atoms with E-state index in [0.717, 1.165) is 50.8 Å². The molecule has 0 saturated carbocycles. The summed E-state index contributed by atoms with van der Waals surface area (Å²) in [5, 5.41) is 22.0. The second-order valence-corrected chi connectivity index (χ2v) is 10.5. The van der Waals surface area contributed by atoms with Gasteiger partial charge in [-0.2, -0.15) is 10.2 Å². The Bertz CT molecular complexity index is 1460. The normalized spacial score (nSPS) is 21.1. The molecule has 13 heteroatoms. The van der Waals surface area contributed by atoms with Crippen molar-refractivity contribution in [1.82, 2.24) is 24.8 Å². The molecule has 3 aliphatic heterocycles. The average Bonchev–Trinajstić information content (AvgIpc) is 3.36. The van der Waals surface area contributed by atoms with Gasteiger partial charge in [-0.25, -0.2) is 14.4 Å². The molecule has 3 fully saturated rings. The number of nitriles is 1. The number of benzene rings is 2. The number of hydrogen-bond acceptors (Lipinski definition) is 11. The van der Waals surface area contributed by atoms with Crippen molar-refractivity contribution in [2.75, 3.05) is 69.3 Å². The lowest BCUT2D eigenvalue weighted by atomic mass is 10.1. The maximum atomic E-state index is 14.5. The van der Waals surface area contributed by atoms with Gasteiger partial charge in [-0.1, -0.05) is 0 Å². The molecule has 12 nitrogen and oxygen atoms in total. The molecule has 2 N–H and O–H groups in total. The SMILES string of the molecule is N#Cc1cc(-c2ncnc(Nc3ccc(N4CCN(C5COC5)CC4)cc3)n2)ccc1O[C@H]1CN(C(=O)CO)C[C@@H]1F. The Labute approximate surface area is 242 Å². The van der Waals surface area contributed by atoms with E-state index in [1.807, 2.05) is 12.1 Å². The van der Waals surface area contributed by atoms with Crippen LogP contribution in [0.25, 0.3) is 11.4 Å². The summed E-state index contributed by atoms with van der Waals surface area (Å²) in [5.41, 5.74) is 2.73. The van der Waals surface area contributed by atoms with Crippen LogP contribution in [0.15, 0.2) is 48.8 Å². The Hall–Kier alpha value is -4.38. The molecule has 6 rings (SSSR count). The fourth-order valence-electron chi connectivity index (χ4n) is 5.33. The Morgan fingerprint density at radius 2 is 1.90 bits per heavy atom. The number of aliphatic hydroxyl groups is 1. The molecule has 0 radical (unpaired) electrons. The zero-order valence-electron chi connectivity index (χ0n) is 22.9. The number of ether oxygens (including phenoxy) is 2. The van der Waals surface area contributed by atoms with Crippen molar-refractivity contribution in [2.24, 2.45) is 0 Å². The molecule has 0 spiro atoms. The van der Waals surface area contributed by atoms with Gasteiger partial charge in [0, 0.05) is 43.1 Å². The van der Waals surface area contributed by atoms with Gasteiger partial charge in [-0.05, 0) is 42.5 Å². The summed E-state index contributed by atoms with van der Waals surface area (Å²) < 4.78 is 25.6. The van der Waals surface area contributed by atoms with E-state index < -0.39 is 24.8 Å². The van der Waals surface area contributed by atoms with E-state index >= 15 is 0 Å². The second kappa shape index (κ2) is 12.2. The zero-order valence-corrected chi connectivity index (χ0v) is 22.9. The summed E-state index contributed by atoms with van der Waals surface area (Å²) in [6.07, 6.45) is -0.985. The third-order valence-electron chi connectivity index (χ3n) is 7.83. The first-order valence-corrected chi connectivity index (χ1v) is 13.9. The Balaban J connectivity index is 1.09. The van der Waals surface area contributed by atoms with Gasteiger partial charge in [0.15, 0.2) is 12.0 Å². The number of likely N-dealkylation sites (tertiary alicyclic amines) is 1. The topological polar surface area (TPSA) is 140 Å². The van der Waals surface area contributed by atoms with E-state index in [2.05, 4.69) is 48.3 Å². The van der Waals surface area contributed by atoms with Gasteiger partial charge in [-0.15, -0.1) is 0 Å². The number of alkyl halides is 1. The van der Waals surface area contributed by atoms with Crippen LogP contribution in [0, 0.1) is 11.3 Å². The molecule has 0 unspecified atom stereocenters. The van der Waals surface area contributed by atoms with E-state index in [0.29, 0.717) is 23.4 Å². The number of halogens is 1. The number of aromatic nitrogens is 3. The van der Waals surface area contributed by atoms with Crippen molar-refractivity contribution in [1.29, 1.82) is 5.26 Å². The highest BCUT2D eigenvalue weighted by molar-refractivity contribution is 5.77. The monoisotopic (exact) mass is 574 g/mol. The average molecular weight is 575 g/mol. The third kappa shape index (κ3) is 5.96. The van der Waals surface area contributed by atoms with Crippen molar-refractivity contribution in [3.63, 3.8) is 0 Å². The number of rotatable bonds is 8. The van der Waals surface area contributed by atoms with Gasteiger partial charge in [0.25, 0.3) is 0 Å². The highest BCUT2D eigenvalue weighted by Crippen LogP contribution is 2.29. The van der Waals surface area contributed by atoms with Crippen molar-refractivity contribution in [2.45, 2.75) is 18.3 Å². The maximum Gasteiger partial charge on any atom is 0.248 e. The van der Waals surface area contributed by atoms with Gasteiger partial charge in [0.2, 0.25) is 11.9 Å². The van der Waals surface area contributed by atoms with Crippen LogP contribution in [0.2, 0.25) is 0 Å². The molecule has 218 valence electrons. The summed E-state index contributed by atoms with van der Waals surface area (Å²) in [4.78, 5) is 30.8. The van der Waals surface area contributed by atoms with Crippen LogP contribution in [-0.2, 0) is 9.53 Å². The van der Waals surface area contributed by atoms with Crippen molar-refractivity contribution in [3.05, 3.63) is 54.4 Å². The molecule has 4 heterocycles. The number of amides is 1. The lowest BCUT2D eigenvalue weighted by Gasteiger charge is -2.43. The van der Waals surface area contributed by atoms with Gasteiger partial charge >= 0.3 is 0 Å². The first-order valence-electron chi connectivity index (χ1n) is 13.9. The van der Waals surface area contributed by atoms with E-state index in [-0.39, 0.29) is 24.4 Å². The molecule has 0 bridgehead atoms. The maximum absolute atomic E-state index is 14.5. The van der Waals surface area contributed by atoms with Crippen LogP contribution >= 0.6 is 0 Å². The van der Waals surface area contributed by atoms with Crippen LogP contribution in [0.4, 0.5) is 21.7 Å². The molecule has 1 aromatic heterocycles. The summed E-state index contributed by atoms with van der Waals surface area (Å²) in [6.45, 7) is 4.83. The lowest BCUT2D eigenvalue weighted by Crippen LogP contribution is -2.56. The fourth-order valence-corrected chi connectivity index (χ4v) is 5.33. The Kier molecular flexibility index (Phi) is 8.09. The molecule has 2 atom stereocenters. The highest BCUT2D eigenvalue weighted by Gasteiger charge is 2.37. The summed E-state index contributed by atoms with van der Waals surface area (Å²) in [5.74, 6) is 0.329. The van der Waals surface area contributed by atoms with Crippen LogP contribution < -0.4 is 15.0 Å². The van der Waals surface area contributed by atoms with Crippen molar-refractivity contribution < 1.29 is 23.8 Å². The van der Waals surface area contributed by atoms with Gasteiger partial charge in [0.1, 0.15) is 30.9 Å². The van der Waals surface area contributed by atoms with Crippen LogP contribution in [0.3, 0.4) is 0 Å². The Morgan fingerprint density at radius 1 is 1.12 bits per heavy atom. The molecule has 2 aromatic carbocycles. The zero-order chi connectivity index (χ0) is 29.1. The molecule has 3 aromatic rings. The first-order chi connectivity index (χ1) is 20.5. The summed E-state index contributed by atoms with van der Waals surface area (Å²) in [6, 6.07) is 15.6. The van der Waals surface area contributed by atoms with Crippen molar-refractivity contribution >= 4 is 23.2 Å². The number of nitrogens with one attached hydrogen (secondary N) is 1. The second-order valence-electron chi connectivity index (χ2n) is 10.5. The largest absolute Gasteiger partial charge is 0.484 e. The number of carbonyl (C=O) groups is 1. The lowest BCUT2D eigenvalue weighted by molar-refractivity contribution is -0.133. The minimum atomic E-state index is -1.43. The van der Waals surface area contributed by atoms with Crippen LogP contribution in [0.5, 0.6) is 5.75 Å². The van der Waals surface area contributed by atoms with E-state index in [1.54, 1.807) is 18.2 Å². The van der Waals surface area contributed by atoms with Crippen LogP contribution in [-0.4, -0.2) is 113 Å².